The smallest absolute Gasteiger partial charge is 0.270 e. The molecule has 2 rings (SSSR count). The number of non-ortho nitro benzene ring substituents is 1. The molecule has 1 fully saturated rings. The Labute approximate surface area is 130 Å². The van der Waals surface area contributed by atoms with Gasteiger partial charge in [0.05, 0.1) is 16.1 Å². The SMILES string of the molecule is CC1(O)CCN(C(=O)c2cc([N+](=O)[O-])ccc2I)CC1. The number of nitrogens with zero attached hydrogens (tertiary/aromatic N) is 2. The summed E-state index contributed by atoms with van der Waals surface area (Å²) in [7, 11) is 0. The highest BCUT2D eigenvalue weighted by molar-refractivity contribution is 14.1. The molecule has 0 atom stereocenters. The van der Waals surface area contributed by atoms with Crippen molar-refractivity contribution in [3.63, 3.8) is 0 Å². The van der Waals surface area contributed by atoms with E-state index < -0.39 is 10.5 Å². The lowest BCUT2D eigenvalue weighted by molar-refractivity contribution is -0.384. The molecule has 0 radical (unpaired) electrons. The largest absolute Gasteiger partial charge is 0.390 e. The van der Waals surface area contributed by atoms with E-state index in [0.29, 0.717) is 35.1 Å². The molecule has 1 N–H and O–H groups in total. The maximum Gasteiger partial charge on any atom is 0.270 e. The minimum absolute atomic E-state index is 0.0854. The first-order valence-corrected chi connectivity index (χ1v) is 7.34. The van der Waals surface area contributed by atoms with Crippen LogP contribution in [0.25, 0.3) is 0 Å². The topological polar surface area (TPSA) is 83.7 Å². The molecule has 108 valence electrons. The van der Waals surface area contributed by atoms with Gasteiger partial charge in [-0.25, -0.2) is 0 Å². The number of hydrogen-bond donors (Lipinski definition) is 1. The van der Waals surface area contributed by atoms with Gasteiger partial charge in [0.2, 0.25) is 0 Å². The van der Waals surface area contributed by atoms with Gasteiger partial charge in [0.1, 0.15) is 0 Å². The van der Waals surface area contributed by atoms with Gasteiger partial charge in [0, 0.05) is 28.8 Å². The number of rotatable bonds is 2. The molecule has 0 bridgehead atoms. The first-order valence-electron chi connectivity index (χ1n) is 6.26. The summed E-state index contributed by atoms with van der Waals surface area (Å²) >= 11 is 2.00. The second-order valence-electron chi connectivity index (χ2n) is 5.21. The van der Waals surface area contributed by atoms with E-state index in [0.717, 1.165) is 0 Å². The molecule has 1 aliphatic heterocycles. The number of likely N-dealkylation sites (tertiary alicyclic amines) is 1. The average Bonchev–Trinajstić information content (AvgIpc) is 2.38. The molecule has 1 aromatic rings. The van der Waals surface area contributed by atoms with E-state index >= 15 is 0 Å². The van der Waals surface area contributed by atoms with Crippen molar-refractivity contribution in [1.82, 2.24) is 4.90 Å². The maximum atomic E-state index is 12.4. The Morgan fingerprint density at radius 1 is 1.45 bits per heavy atom. The third-order valence-electron chi connectivity index (χ3n) is 3.52. The number of carbonyl (C=O) groups excluding carboxylic acids is 1. The Bertz CT molecular complexity index is 549. The Hall–Kier alpha value is -1.22. The molecule has 0 aromatic heterocycles. The van der Waals surface area contributed by atoms with Crippen molar-refractivity contribution in [3.05, 3.63) is 37.4 Å². The Morgan fingerprint density at radius 2 is 2.05 bits per heavy atom. The molecule has 6 nitrogen and oxygen atoms in total. The molecule has 1 amide bonds. The van der Waals surface area contributed by atoms with Gasteiger partial charge in [0.15, 0.2) is 0 Å². The van der Waals surface area contributed by atoms with Gasteiger partial charge in [-0.3, -0.25) is 14.9 Å². The minimum Gasteiger partial charge on any atom is -0.390 e. The van der Waals surface area contributed by atoms with Gasteiger partial charge in [0.25, 0.3) is 11.6 Å². The fourth-order valence-corrected chi connectivity index (χ4v) is 2.72. The zero-order valence-electron chi connectivity index (χ0n) is 11.0. The molecule has 1 heterocycles. The zero-order chi connectivity index (χ0) is 14.9. The van der Waals surface area contributed by atoms with E-state index in [9.17, 15) is 20.0 Å². The Balaban J connectivity index is 2.21. The van der Waals surface area contributed by atoms with Gasteiger partial charge in [-0.1, -0.05) is 0 Å². The van der Waals surface area contributed by atoms with E-state index in [2.05, 4.69) is 0 Å². The molecule has 0 aliphatic carbocycles. The highest BCUT2D eigenvalue weighted by atomic mass is 127. The number of benzene rings is 1. The first-order chi connectivity index (χ1) is 9.30. The third-order valence-corrected chi connectivity index (χ3v) is 4.46. The summed E-state index contributed by atoms with van der Waals surface area (Å²) in [6, 6.07) is 4.28. The van der Waals surface area contributed by atoms with Crippen LogP contribution in [0.4, 0.5) is 5.69 Å². The van der Waals surface area contributed by atoms with Crippen molar-refractivity contribution in [2.45, 2.75) is 25.4 Å². The summed E-state index contributed by atoms with van der Waals surface area (Å²) in [6.45, 7) is 2.68. The summed E-state index contributed by atoms with van der Waals surface area (Å²) in [5.74, 6) is -0.214. The lowest BCUT2D eigenvalue weighted by atomic mass is 9.93. The molecule has 0 unspecified atom stereocenters. The second kappa shape index (κ2) is 5.65. The molecule has 1 saturated heterocycles. The van der Waals surface area contributed by atoms with Crippen LogP contribution in [0.1, 0.15) is 30.1 Å². The zero-order valence-corrected chi connectivity index (χ0v) is 13.2. The molecular formula is C13H15IN2O4. The molecule has 0 saturated carbocycles. The van der Waals surface area contributed by atoms with E-state index in [-0.39, 0.29) is 11.6 Å². The van der Waals surface area contributed by atoms with E-state index in [4.69, 9.17) is 0 Å². The van der Waals surface area contributed by atoms with Crippen molar-refractivity contribution in [1.29, 1.82) is 0 Å². The number of nitro benzene ring substituents is 1. The number of piperidine rings is 1. The van der Waals surface area contributed by atoms with Crippen LogP contribution < -0.4 is 0 Å². The molecule has 20 heavy (non-hydrogen) atoms. The summed E-state index contributed by atoms with van der Waals surface area (Å²) in [5.41, 5.74) is -0.466. The van der Waals surface area contributed by atoms with Crippen LogP contribution in [0.2, 0.25) is 0 Å². The molecule has 7 heteroatoms. The third kappa shape index (κ3) is 3.26. The number of amides is 1. The predicted molar refractivity (Wildman–Crippen MR) is 81.6 cm³/mol. The number of aliphatic hydroxyl groups is 1. The van der Waals surface area contributed by atoms with Crippen molar-refractivity contribution < 1.29 is 14.8 Å². The lowest BCUT2D eigenvalue weighted by Crippen LogP contribution is -2.45. The van der Waals surface area contributed by atoms with Crippen molar-refractivity contribution >= 4 is 34.2 Å². The number of nitro groups is 1. The Kier molecular flexibility index (Phi) is 4.28. The lowest BCUT2D eigenvalue weighted by Gasteiger charge is -2.35. The van der Waals surface area contributed by atoms with Crippen LogP contribution in [0.5, 0.6) is 0 Å². The normalized spacial score (nSPS) is 17.9. The second-order valence-corrected chi connectivity index (χ2v) is 6.37. The van der Waals surface area contributed by atoms with E-state index in [1.807, 2.05) is 22.6 Å². The van der Waals surface area contributed by atoms with Crippen LogP contribution >= 0.6 is 22.6 Å². The fraction of sp³-hybridized carbons (Fsp3) is 0.462. The quantitative estimate of drug-likeness (QED) is 0.477. The van der Waals surface area contributed by atoms with Gasteiger partial charge >= 0.3 is 0 Å². The molecular weight excluding hydrogens is 375 g/mol. The summed E-state index contributed by atoms with van der Waals surface area (Å²) < 4.78 is 0.690. The average molecular weight is 390 g/mol. The summed E-state index contributed by atoms with van der Waals surface area (Å²) in [6.07, 6.45) is 1.04. The highest BCUT2D eigenvalue weighted by Crippen LogP contribution is 2.25. The Morgan fingerprint density at radius 3 is 2.60 bits per heavy atom. The van der Waals surface area contributed by atoms with E-state index in [1.54, 1.807) is 17.9 Å². The summed E-state index contributed by atoms with van der Waals surface area (Å²) in [4.78, 5) is 24.3. The van der Waals surface area contributed by atoms with Crippen molar-refractivity contribution in [2.75, 3.05) is 13.1 Å². The van der Waals surface area contributed by atoms with Gasteiger partial charge in [-0.15, -0.1) is 0 Å². The van der Waals surface area contributed by atoms with E-state index in [1.165, 1.54) is 12.1 Å². The van der Waals surface area contributed by atoms with Crippen LogP contribution in [0, 0.1) is 13.7 Å². The van der Waals surface area contributed by atoms with Gasteiger partial charge in [-0.2, -0.15) is 0 Å². The summed E-state index contributed by atoms with van der Waals surface area (Å²) in [5, 5.41) is 20.7. The van der Waals surface area contributed by atoms with Crippen molar-refractivity contribution in [2.24, 2.45) is 0 Å². The standard InChI is InChI=1S/C13H15IN2O4/c1-13(18)4-6-15(7-5-13)12(17)10-8-9(16(19)20)2-3-11(10)14/h2-3,8,18H,4-7H2,1H3. The predicted octanol–water partition coefficient (Wildman–Crippen LogP) is 2.19. The molecule has 1 aromatic carbocycles. The number of halogens is 1. The molecule has 1 aliphatic rings. The van der Waals surface area contributed by atoms with Gasteiger partial charge in [-0.05, 0) is 48.4 Å². The monoisotopic (exact) mass is 390 g/mol. The van der Waals surface area contributed by atoms with Crippen molar-refractivity contribution in [3.8, 4) is 0 Å². The number of hydrogen-bond acceptors (Lipinski definition) is 4. The van der Waals surface area contributed by atoms with Crippen LogP contribution in [-0.4, -0.2) is 39.5 Å². The first kappa shape index (κ1) is 15.2. The van der Waals surface area contributed by atoms with Gasteiger partial charge < -0.3 is 10.0 Å². The molecule has 0 spiro atoms. The highest BCUT2D eigenvalue weighted by Gasteiger charge is 2.31. The fourth-order valence-electron chi connectivity index (χ4n) is 2.15. The minimum atomic E-state index is -0.730. The van der Waals surface area contributed by atoms with Crippen LogP contribution in [-0.2, 0) is 0 Å². The van der Waals surface area contributed by atoms with Crippen LogP contribution in [0.15, 0.2) is 18.2 Å². The maximum absolute atomic E-state index is 12.4. The van der Waals surface area contributed by atoms with Crippen LogP contribution in [0.3, 0.4) is 0 Å². The number of carbonyl (C=O) groups is 1.